The predicted molar refractivity (Wildman–Crippen MR) is 146 cm³/mol. The topological polar surface area (TPSA) is 99.8 Å². The quantitative estimate of drug-likeness (QED) is 0.246. The highest BCUT2D eigenvalue weighted by Crippen LogP contribution is 2.33. The van der Waals surface area contributed by atoms with Crippen LogP contribution in [0.3, 0.4) is 0 Å². The van der Waals surface area contributed by atoms with E-state index in [2.05, 4.69) is 37.9 Å². The summed E-state index contributed by atoms with van der Waals surface area (Å²) in [5, 5.41) is 15.1. The summed E-state index contributed by atoms with van der Waals surface area (Å²) >= 11 is 15.9. The van der Waals surface area contributed by atoms with Crippen molar-refractivity contribution < 1.29 is 9.59 Å². The average molecular weight is 597 g/mol. The molecule has 4 aromatic rings. The van der Waals surface area contributed by atoms with Crippen LogP contribution in [0.4, 0.5) is 0 Å². The minimum atomic E-state index is -0.727. The van der Waals surface area contributed by atoms with E-state index in [4.69, 9.17) is 23.2 Å². The summed E-state index contributed by atoms with van der Waals surface area (Å²) in [4.78, 5) is 25.3. The van der Waals surface area contributed by atoms with Gasteiger partial charge >= 0.3 is 0 Å². The molecular formula is C27H20BrCl2N5O2. The van der Waals surface area contributed by atoms with E-state index in [1.807, 2.05) is 42.5 Å². The normalized spacial score (nSPS) is 10.5. The third kappa shape index (κ3) is 6.38. The number of nitrogens with zero attached hydrogens (tertiary/aromatic N) is 3. The molecule has 2 N–H and O–H groups in total. The summed E-state index contributed by atoms with van der Waals surface area (Å²) in [7, 11) is 0. The first kappa shape index (κ1) is 26.4. The Labute approximate surface area is 232 Å². The number of carbonyl (C=O) groups excluding carboxylic acids is 2. The first-order valence-corrected chi connectivity index (χ1v) is 12.8. The smallest absolute Gasteiger partial charge is 0.273 e. The zero-order valence-corrected chi connectivity index (χ0v) is 22.4. The van der Waals surface area contributed by atoms with Crippen LogP contribution in [-0.2, 0) is 11.2 Å². The summed E-state index contributed by atoms with van der Waals surface area (Å²) in [5.41, 5.74) is 7.23. The molecule has 1 aromatic heterocycles. The molecule has 0 bridgehead atoms. The molecule has 1 heterocycles. The summed E-state index contributed by atoms with van der Waals surface area (Å²) in [6.07, 6.45) is 1.58. The number of hydrogen-bond donors (Lipinski definition) is 2. The van der Waals surface area contributed by atoms with Gasteiger partial charge in [-0.2, -0.15) is 10.4 Å². The van der Waals surface area contributed by atoms with E-state index in [1.54, 1.807) is 30.3 Å². The van der Waals surface area contributed by atoms with Crippen molar-refractivity contribution in [2.75, 3.05) is 0 Å². The molecule has 0 spiro atoms. The fourth-order valence-corrected chi connectivity index (χ4v) is 4.48. The van der Waals surface area contributed by atoms with E-state index in [-0.39, 0.29) is 28.6 Å². The Kier molecular flexibility index (Phi) is 8.62. The van der Waals surface area contributed by atoms with E-state index >= 15 is 0 Å². The Morgan fingerprint density at radius 1 is 1.00 bits per heavy atom. The molecule has 0 aliphatic heterocycles. The number of rotatable bonds is 7. The molecule has 3 aromatic carbocycles. The standard InChI is InChI=1S/C27H20BrCl2N5O2/c28-19-11-9-18(10-12-19)26-21(16-31)25(34-35(26)23-14-13-20(29)15-22(23)30)27(37)33-32-24(36)8-4-7-17-5-2-1-3-6-17/h1-3,5-6,9-15H,4,7-8H2,(H,32,36)(H,33,37). The highest BCUT2D eigenvalue weighted by Gasteiger charge is 2.26. The van der Waals surface area contributed by atoms with Crippen molar-refractivity contribution in [1.82, 2.24) is 20.6 Å². The van der Waals surface area contributed by atoms with Gasteiger partial charge in [-0.3, -0.25) is 20.4 Å². The van der Waals surface area contributed by atoms with Gasteiger partial charge in [0.1, 0.15) is 11.6 Å². The number of benzene rings is 3. The van der Waals surface area contributed by atoms with Gasteiger partial charge in [0.25, 0.3) is 5.91 Å². The Morgan fingerprint density at radius 2 is 1.73 bits per heavy atom. The van der Waals surface area contributed by atoms with Gasteiger partial charge in [0.15, 0.2) is 5.69 Å². The van der Waals surface area contributed by atoms with Crippen LogP contribution in [0, 0.1) is 11.3 Å². The maximum Gasteiger partial charge on any atom is 0.291 e. The van der Waals surface area contributed by atoms with Crippen LogP contribution in [-0.4, -0.2) is 21.6 Å². The van der Waals surface area contributed by atoms with E-state index in [0.717, 1.165) is 16.5 Å². The van der Waals surface area contributed by atoms with Gasteiger partial charge < -0.3 is 0 Å². The zero-order valence-electron chi connectivity index (χ0n) is 19.3. The van der Waals surface area contributed by atoms with Crippen molar-refractivity contribution in [3.63, 3.8) is 0 Å². The second-order valence-electron chi connectivity index (χ2n) is 8.04. The summed E-state index contributed by atoms with van der Waals surface area (Å²) in [6, 6.07) is 23.9. The van der Waals surface area contributed by atoms with E-state index in [9.17, 15) is 14.9 Å². The van der Waals surface area contributed by atoms with Crippen LogP contribution in [0.5, 0.6) is 0 Å². The lowest BCUT2D eigenvalue weighted by Crippen LogP contribution is -2.42. The van der Waals surface area contributed by atoms with Crippen molar-refractivity contribution >= 4 is 50.9 Å². The molecule has 0 saturated heterocycles. The Bertz CT molecular complexity index is 1480. The van der Waals surface area contributed by atoms with Gasteiger partial charge in [-0.1, -0.05) is 81.6 Å². The van der Waals surface area contributed by atoms with Crippen molar-refractivity contribution in [2.45, 2.75) is 19.3 Å². The summed E-state index contributed by atoms with van der Waals surface area (Å²) in [5.74, 6) is -1.08. The molecule has 0 fully saturated rings. The first-order chi connectivity index (χ1) is 17.9. The van der Waals surface area contributed by atoms with E-state index in [0.29, 0.717) is 28.4 Å². The molecular weight excluding hydrogens is 577 g/mol. The molecule has 10 heteroatoms. The fraction of sp³-hybridized carbons (Fsp3) is 0.111. The van der Waals surface area contributed by atoms with Crippen LogP contribution >= 0.6 is 39.1 Å². The lowest BCUT2D eigenvalue weighted by atomic mass is 10.1. The average Bonchev–Trinajstić information content (AvgIpc) is 3.28. The monoisotopic (exact) mass is 595 g/mol. The number of hydrogen-bond acceptors (Lipinski definition) is 4. The number of halogens is 3. The van der Waals surface area contributed by atoms with Gasteiger partial charge in [0, 0.05) is 21.5 Å². The SMILES string of the molecule is N#Cc1c(C(=O)NNC(=O)CCCc2ccccc2)nn(-c2ccc(Cl)cc2Cl)c1-c1ccc(Br)cc1. The van der Waals surface area contributed by atoms with Crippen molar-refractivity contribution in [3.05, 3.63) is 104 Å². The van der Waals surface area contributed by atoms with Crippen LogP contribution in [0.15, 0.2) is 77.3 Å². The number of nitriles is 1. The van der Waals surface area contributed by atoms with Crippen LogP contribution in [0.2, 0.25) is 10.0 Å². The van der Waals surface area contributed by atoms with Crippen LogP contribution < -0.4 is 10.9 Å². The third-order valence-corrected chi connectivity index (χ3v) is 6.56. The number of carbonyl (C=O) groups is 2. The maximum atomic E-state index is 13.0. The molecule has 7 nitrogen and oxygen atoms in total. The van der Waals surface area contributed by atoms with E-state index in [1.165, 1.54) is 4.68 Å². The molecule has 2 amide bonds. The van der Waals surface area contributed by atoms with E-state index < -0.39 is 5.91 Å². The number of nitrogens with one attached hydrogen (secondary N) is 2. The number of aromatic nitrogens is 2. The lowest BCUT2D eigenvalue weighted by Gasteiger charge is -2.10. The Hall–Kier alpha value is -3.64. The lowest BCUT2D eigenvalue weighted by molar-refractivity contribution is -0.121. The van der Waals surface area contributed by atoms with Crippen molar-refractivity contribution in [2.24, 2.45) is 0 Å². The first-order valence-electron chi connectivity index (χ1n) is 11.2. The van der Waals surface area contributed by atoms with Crippen molar-refractivity contribution in [3.8, 4) is 23.0 Å². The van der Waals surface area contributed by atoms with Crippen LogP contribution in [0.25, 0.3) is 16.9 Å². The molecule has 37 heavy (non-hydrogen) atoms. The van der Waals surface area contributed by atoms with Gasteiger partial charge in [0.05, 0.1) is 16.4 Å². The molecule has 0 aliphatic carbocycles. The second kappa shape index (κ2) is 12.1. The van der Waals surface area contributed by atoms with Crippen molar-refractivity contribution in [1.29, 1.82) is 5.26 Å². The largest absolute Gasteiger partial charge is 0.291 e. The second-order valence-corrected chi connectivity index (χ2v) is 9.80. The zero-order chi connectivity index (χ0) is 26.4. The fourth-order valence-electron chi connectivity index (χ4n) is 3.73. The number of aryl methyl sites for hydroxylation is 1. The molecule has 0 saturated carbocycles. The summed E-state index contributed by atoms with van der Waals surface area (Å²) in [6.45, 7) is 0. The highest BCUT2D eigenvalue weighted by atomic mass is 79.9. The molecule has 186 valence electrons. The molecule has 0 unspecified atom stereocenters. The van der Waals surface area contributed by atoms with Crippen LogP contribution in [0.1, 0.15) is 34.5 Å². The third-order valence-electron chi connectivity index (χ3n) is 5.50. The van der Waals surface area contributed by atoms with Gasteiger partial charge in [0.2, 0.25) is 5.91 Å². The van der Waals surface area contributed by atoms with Gasteiger partial charge in [-0.05, 0) is 48.7 Å². The summed E-state index contributed by atoms with van der Waals surface area (Å²) < 4.78 is 2.27. The minimum Gasteiger partial charge on any atom is -0.273 e. The minimum absolute atomic E-state index is 0.0316. The Morgan fingerprint density at radius 3 is 2.41 bits per heavy atom. The number of hydrazine groups is 1. The van der Waals surface area contributed by atoms with Gasteiger partial charge in [-0.15, -0.1) is 0 Å². The molecule has 0 aliphatic rings. The maximum absolute atomic E-state index is 13.0. The molecule has 0 radical (unpaired) electrons. The number of amides is 2. The molecule has 4 rings (SSSR count). The highest BCUT2D eigenvalue weighted by molar-refractivity contribution is 9.10. The van der Waals surface area contributed by atoms with Gasteiger partial charge in [-0.25, -0.2) is 4.68 Å². The predicted octanol–water partition coefficient (Wildman–Crippen LogP) is 6.26. The Balaban J connectivity index is 1.58. The molecule has 0 atom stereocenters.